The van der Waals surface area contributed by atoms with Crippen LogP contribution in [0.15, 0.2) is 18.3 Å². The number of carbonyl (C=O) groups excluding carboxylic acids is 2. The van der Waals surface area contributed by atoms with Crippen molar-refractivity contribution in [1.29, 1.82) is 0 Å². The van der Waals surface area contributed by atoms with Gasteiger partial charge in [0.05, 0.1) is 24.0 Å². The fraction of sp³-hybridized carbons (Fsp3) is 0.480. The van der Waals surface area contributed by atoms with Gasteiger partial charge in [0.1, 0.15) is 11.3 Å². The number of primary amides is 1. The molecule has 1 aliphatic carbocycles. The second kappa shape index (κ2) is 11.4. The molecule has 39 heavy (non-hydrogen) atoms. The molecule has 2 fully saturated rings. The summed E-state index contributed by atoms with van der Waals surface area (Å²) >= 11 is 12.3. The summed E-state index contributed by atoms with van der Waals surface area (Å²) in [6.45, 7) is 1.09. The first kappa shape index (κ1) is 27.2. The van der Waals surface area contributed by atoms with Crippen LogP contribution < -0.4 is 16.4 Å². The van der Waals surface area contributed by atoms with Crippen LogP contribution >= 0.6 is 23.2 Å². The van der Waals surface area contributed by atoms with Crippen molar-refractivity contribution in [3.8, 4) is 0 Å². The molecule has 2 aromatic heterocycles. The van der Waals surface area contributed by atoms with Gasteiger partial charge in [-0.1, -0.05) is 23.2 Å². The smallest absolute Gasteiger partial charge is 0.409 e. The Labute approximate surface area is 234 Å². The van der Waals surface area contributed by atoms with Crippen LogP contribution in [0.4, 0.5) is 26.8 Å². The molecule has 208 valence electrons. The van der Waals surface area contributed by atoms with Crippen LogP contribution in [0, 0.1) is 11.7 Å². The van der Waals surface area contributed by atoms with Gasteiger partial charge < -0.3 is 26.0 Å². The highest BCUT2D eigenvalue weighted by molar-refractivity contribution is 6.36. The van der Waals surface area contributed by atoms with E-state index in [0.29, 0.717) is 61.8 Å². The predicted molar refractivity (Wildman–Crippen MR) is 146 cm³/mol. The Kier molecular flexibility index (Phi) is 7.94. The number of anilines is 3. The van der Waals surface area contributed by atoms with Gasteiger partial charge in [0, 0.05) is 36.1 Å². The average Bonchev–Trinajstić information content (AvgIpc) is 3.27. The SMILES string of the molecule is COC(=O)N1CCC[C@@H](Nc2ncc3nc(Nc4c(F)cc(Cl)cc4Cl)n(C4CCC(C(N)=O)CC4)c3n2)C1. The van der Waals surface area contributed by atoms with Gasteiger partial charge >= 0.3 is 6.09 Å². The van der Waals surface area contributed by atoms with E-state index in [2.05, 4.69) is 20.6 Å². The molecule has 1 aromatic carbocycles. The Morgan fingerprint density at radius 3 is 2.62 bits per heavy atom. The van der Waals surface area contributed by atoms with Gasteiger partial charge in [-0.3, -0.25) is 9.36 Å². The van der Waals surface area contributed by atoms with Crippen molar-refractivity contribution in [2.45, 2.75) is 50.6 Å². The predicted octanol–water partition coefficient (Wildman–Crippen LogP) is 4.88. The third kappa shape index (κ3) is 5.81. The first-order chi connectivity index (χ1) is 18.7. The van der Waals surface area contributed by atoms with Gasteiger partial charge in [-0.2, -0.15) is 4.98 Å². The minimum absolute atomic E-state index is 0.0415. The number of hydrogen-bond donors (Lipinski definition) is 3. The summed E-state index contributed by atoms with van der Waals surface area (Å²) < 4.78 is 21.6. The minimum Gasteiger partial charge on any atom is -0.453 e. The molecule has 1 aliphatic heterocycles. The van der Waals surface area contributed by atoms with Crippen LogP contribution in [0.2, 0.25) is 10.0 Å². The Morgan fingerprint density at radius 2 is 1.92 bits per heavy atom. The third-order valence-electron chi connectivity index (χ3n) is 7.33. The van der Waals surface area contributed by atoms with Crippen molar-refractivity contribution in [3.05, 3.63) is 34.2 Å². The van der Waals surface area contributed by atoms with Gasteiger partial charge in [0.2, 0.25) is 17.8 Å². The molecule has 0 bridgehead atoms. The Bertz CT molecular complexity index is 1370. The fourth-order valence-electron chi connectivity index (χ4n) is 5.36. The number of imidazole rings is 1. The number of benzene rings is 1. The van der Waals surface area contributed by atoms with Gasteiger partial charge in [-0.15, -0.1) is 0 Å². The average molecular weight is 579 g/mol. The zero-order valence-corrected chi connectivity index (χ0v) is 22.8. The molecule has 1 saturated heterocycles. The van der Waals surface area contributed by atoms with E-state index in [4.69, 9.17) is 38.7 Å². The molecule has 2 aliphatic rings. The van der Waals surface area contributed by atoms with Crippen molar-refractivity contribution >= 4 is 64.0 Å². The van der Waals surface area contributed by atoms with Crippen molar-refractivity contribution in [2.24, 2.45) is 11.7 Å². The van der Waals surface area contributed by atoms with E-state index < -0.39 is 5.82 Å². The molecular formula is C25H29Cl2FN8O3. The number of carbonyl (C=O) groups is 2. The lowest BCUT2D eigenvalue weighted by atomic mass is 9.85. The number of nitrogens with zero attached hydrogens (tertiary/aromatic N) is 5. The Balaban J connectivity index is 1.48. The maximum Gasteiger partial charge on any atom is 0.409 e. The molecule has 3 aromatic rings. The highest BCUT2D eigenvalue weighted by Gasteiger charge is 2.30. The Hall–Kier alpha value is -3.38. The summed E-state index contributed by atoms with van der Waals surface area (Å²) in [7, 11) is 1.36. The lowest BCUT2D eigenvalue weighted by Gasteiger charge is -2.32. The summed E-state index contributed by atoms with van der Waals surface area (Å²) in [5.74, 6) is -0.388. The first-order valence-electron chi connectivity index (χ1n) is 12.8. The van der Waals surface area contributed by atoms with Gasteiger partial charge in [-0.25, -0.2) is 19.2 Å². The van der Waals surface area contributed by atoms with Gasteiger partial charge in [0.25, 0.3) is 0 Å². The van der Waals surface area contributed by atoms with E-state index in [1.807, 2.05) is 4.57 Å². The molecule has 11 nitrogen and oxygen atoms in total. The number of hydrogen-bond acceptors (Lipinski definition) is 8. The molecule has 0 spiro atoms. The summed E-state index contributed by atoms with van der Waals surface area (Å²) in [5.41, 5.74) is 6.64. The molecule has 4 N–H and O–H groups in total. The van der Waals surface area contributed by atoms with Crippen molar-refractivity contribution < 1.29 is 18.7 Å². The number of fused-ring (bicyclic) bond motifs is 1. The first-order valence-corrected chi connectivity index (χ1v) is 13.5. The van der Waals surface area contributed by atoms with Crippen LogP contribution in [0.5, 0.6) is 0 Å². The number of ether oxygens (including phenoxy) is 1. The number of likely N-dealkylation sites (tertiary alicyclic amines) is 1. The number of aromatic nitrogens is 4. The molecule has 1 saturated carbocycles. The zero-order valence-electron chi connectivity index (χ0n) is 21.3. The number of halogens is 3. The zero-order chi connectivity index (χ0) is 27.7. The van der Waals surface area contributed by atoms with E-state index in [9.17, 15) is 14.0 Å². The summed E-state index contributed by atoms with van der Waals surface area (Å²) in [6, 6.07) is 2.49. The number of amides is 2. The van der Waals surface area contributed by atoms with Crippen LogP contribution in [-0.2, 0) is 9.53 Å². The lowest BCUT2D eigenvalue weighted by Crippen LogP contribution is -2.45. The standard InChI is InChI=1S/C25H29Cl2FN8O3/c1-39-25(38)35-8-2-3-15(12-35)31-23-30-11-19-22(34-23)36(16-6-4-13(5-7-16)21(29)37)24(32-19)33-20-17(27)9-14(26)10-18(20)28/h9-11,13,15-16H,2-8,12H2,1H3,(H2,29,37)(H,32,33)(H,30,31,34)/t13?,15-,16?/m1/s1. The highest BCUT2D eigenvalue weighted by atomic mass is 35.5. The normalized spacial score (nSPS) is 21.5. The number of methoxy groups -OCH3 is 1. The third-order valence-corrected chi connectivity index (χ3v) is 7.84. The molecule has 3 heterocycles. The quantitative estimate of drug-likeness (QED) is 0.376. The van der Waals surface area contributed by atoms with Crippen LogP contribution in [0.1, 0.15) is 44.6 Å². The highest BCUT2D eigenvalue weighted by Crippen LogP contribution is 2.38. The number of piperidine rings is 1. The van der Waals surface area contributed by atoms with Crippen molar-refractivity contribution in [1.82, 2.24) is 24.4 Å². The van der Waals surface area contributed by atoms with Crippen molar-refractivity contribution in [2.75, 3.05) is 30.8 Å². The number of rotatable bonds is 6. The van der Waals surface area contributed by atoms with Crippen LogP contribution in [-0.4, -0.2) is 62.7 Å². The maximum atomic E-state index is 14.8. The monoisotopic (exact) mass is 578 g/mol. The molecule has 0 unspecified atom stereocenters. The maximum absolute atomic E-state index is 14.8. The van der Waals surface area contributed by atoms with E-state index >= 15 is 0 Å². The van der Waals surface area contributed by atoms with Gasteiger partial charge in [0.15, 0.2) is 5.65 Å². The topological polar surface area (TPSA) is 140 Å². The van der Waals surface area contributed by atoms with E-state index in [1.54, 1.807) is 11.1 Å². The minimum atomic E-state index is -0.621. The summed E-state index contributed by atoms with van der Waals surface area (Å²) in [4.78, 5) is 39.3. The summed E-state index contributed by atoms with van der Waals surface area (Å²) in [5, 5.41) is 6.64. The van der Waals surface area contributed by atoms with E-state index in [0.717, 1.165) is 12.8 Å². The summed E-state index contributed by atoms with van der Waals surface area (Å²) in [6.07, 6.45) is 5.45. The lowest BCUT2D eigenvalue weighted by molar-refractivity contribution is -0.122. The van der Waals surface area contributed by atoms with Crippen LogP contribution in [0.25, 0.3) is 11.2 Å². The molecule has 0 radical (unpaired) electrons. The number of nitrogens with one attached hydrogen (secondary N) is 2. The number of nitrogens with two attached hydrogens (primary N) is 1. The van der Waals surface area contributed by atoms with Crippen molar-refractivity contribution in [3.63, 3.8) is 0 Å². The Morgan fingerprint density at radius 1 is 1.15 bits per heavy atom. The second-order valence-corrected chi connectivity index (χ2v) is 10.7. The molecule has 1 atom stereocenters. The fourth-order valence-corrected chi connectivity index (χ4v) is 5.87. The second-order valence-electron chi connectivity index (χ2n) is 9.88. The van der Waals surface area contributed by atoms with Crippen LogP contribution in [0.3, 0.4) is 0 Å². The molecule has 14 heteroatoms. The molecule has 2 amide bonds. The molecular weight excluding hydrogens is 550 g/mol. The van der Waals surface area contributed by atoms with Gasteiger partial charge in [-0.05, 0) is 50.7 Å². The van der Waals surface area contributed by atoms with E-state index in [1.165, 1.54) is 19.2 Å². The molecule has 5 rings (SSSR count). The van der Waals surface area contributed by atoms with E-state index in [-0.39, 0.29) is 45.7 Å². The largest absolute Gasteiger partial charge is 0.453 e.